The van der Waals surface area contributed by atoms with Crippen LogP contribution in [0.1, 0.15) is 22.7 Å². The molecule has 0 aromatic heterocycles. The summed E-state index contributed by atoms with van der Waals surface area (Å²) < 4.78 is 10.5. The fraction of sp³-hybridized carbons (Fsp3) is 0.500. The smallest absolute Gasteiger partial charge is 0.123 e. The van der Waals surface area contributed by atoms with Crippen LogP contribution in [0.2, 0.25) is 0 Å². The van der Waals surface area contributed by atoms with Crippen molar-refractivity contribution < 1.29 is 9.47 Å². The van der Waals surface area contributed by atoms with Crippen LogP contribution in [-0.4, -0.2) is 20.3 Å². The van der Waals surface area contributed by atoms with Gasteiger partial charge in [0, 0.05) is 5.56 Å². The van der Waals surface area contributed by atoms with E-state index in [1.807, 2.05) is 26.0 Å². The van der Waals surface area contributed by atoms with Gasteiger partial charge in [0.05, 0.1) is 32.4 Å². The second-order valence-corrected chi connectivity index (χ2v) is 4.92. The van der Waals surface area contributed by atoms with Gasteiger partial charge in [0.25, 0.3) is 0 Å². The number of nitriles is 1. The Bertz CT molecular complexity index is 501. The van der Waals surface area contributed by atoms with Gasteiger partial charge < -0.3 is 15.2 Å². The summed E-state index contributed by atoms with van der Waals surface area (Å²) >= 11 is 0. The molecule has 1 fully saturated rings. The minimum absolute atomic E-state index is 0.384. The number of methoxy groups -OCH3 is 1. The van der Waals surface area contributed by atoms with Gasteiger partial charge in [-0.3, -0.25) is 0 Å². The van der Waals surface area contributed by atoms with Crippen molar-refractivity contribution in [3.8, 4) is 11.8 Å². The predicted molar refractivity (Wildman–Crippen MR) is 68.3 cm³/mol. The Morgan fingerprint density at radius 2 is 2.00 bits per heavy atom. The minimum Gasteiger partial charge on any atom is -0.496 e. The zero-order chi connectivity index (χ0) is 13.3. The van der Waals surface area contributed by atoms with E-state index in [0.717, 1.165) is 22.4 Å². The van der Waals surface area contributed by atoms with E-state index in [0.29, 0.717) is 13.2 Å². The largest absolute Gasteiger partial charge is 0.496 e. The van der Waals surface area contributed by atoms with Gasteiger partial charge in [0.15, 0.2) is 0 Å². The molecule has 96 valence electrons. The Hall–Kier alpha value is -1.57. The molecule has 1 aliphatic heterocycles. The topological polar surface area (TPSA) is 68.3 Å². The number of rotatable bonds is 3. The molecule has 1 aromatic rings. The van der Waals surface area contributed by atoms with Crippen LogP contribution in [0.5, 0.6) is 5.75 Å². The van der Waals surface area contributed by atoms with Gasteiger partial charge in [0.1, 0.15) is 11.2 Å². The zero-order valence-electron chi connectivity index (χ0n) is 11.0. The maximum atomic E-state index is 9.30. The molecule has 0 bridgehead atoms. The molecule has 4 heteroatoms. The molecule has 0 amide bonds. The summed E-state index contributed by atoms with van der Waals surface area (Å²) in [6, 6.07) is 5.89. The van der Waals surface area contributed by atoms with Crippen LogP contribution in [0.15, 0.2) is 12.1 Å². The average molecular weight is 246 g/mol. The molecule has 0 spiro atoms. The number of hydrogen-bond acceptors (Lipinski definition) is 4. The van der Waals surface area contributed by atoms with Crippen molar-refractivity contribution in [1.29, 1.82) is 5.26 Å². The average Bonchev–Trinajstić information content (AvgIpc) is 2.31. The van der Waals surface area contributed by atoms with Gasteiger partial charge in [0.2, 0.25) is 0 Å². The molecule has 4 nitrogen and oxygen atoms in total. The van der Waals surface area contributed by atoms with Crippen molar-refractivity contribution in [2.24, 2.45) is 11.1 Å². The molecule has 0 radical (unpaired) electrons. The van der Waals surface area contributed by atoms with Crippen LogP contribution in [-0.2, 0) is 4.74 Å². The van der Waals surface area contributed by atoms with Crippen molar-refractivity contribution in [2.45, 2.75) is 19.9 Å². The van der Waals surface area contributed by atoms with Crippen LogP contribution in [0, 0.1) is 30.6 Å². The first-order valence-electron chi connectivity index (χ1n) is 5.94. The lowest BCUT2D eigenvalue weighted by Crippen LogP contribution is -2.49. The van der Waals surface area contributed by atoms with Gasteiger partial charge >= 0.3 is 0 Å². The van der Waals surface area contributed by atoms with E-state index in [4.69, 9.17) is 15.2 Å². The highest BCUT2D eigenvalue weighted by molar-refractivity contribution is 5.45. The zero-order valence-corrected chi connectivity index (χ0v) is 11.0. The first-order chi connectivity index (χ1) is 8.54. The van der Waals surface area contributed by atoms with Crippen molar-refractivity contribution in [2.75, 3.05) is 20.3 Å². The third kappa shape index (κ3) is 1.86. The lowest BCUT2D eigenvalue weighted by atomic mass is 9.76. The van der Waals surface area contributed by atoms with Gasteiger partial charge in [-0.05, 0) is 31.0 Å². The summed E-state index contributed by atoms with van der Waals surface area (Å²) in [4.78, 5) is 0. The molecule has 2 rings (SSSR count). The highest BCUT2D eigenvalue weighted by Crippen LogP contribution is 2.42. The molecule has 1 unspecified atom stereocenters. The molecular formula is C14H18N2O2. The van der Waals surface area contributed by atoms with E-state index >= 15 is 0 Å². The number of aryl methyl sites for hydroxylation is 2. The Balaban J connectivity index is 2.44. The van der Waals surface area contributed by atoms with E-state index in [2.05, 4.69) is 6.07 Å². The summed E-state index contributed by atoms with van der Waals surface area (Å²) in [5.41, 5.74) is 8.82. The number of nitrogens with zero attached hydrogens (tertiary/aromatic N) is 1. The Kier molecular flexibility index (Phi) is 3.29. The van der Waals surface area contributed by atoms with E-state index in [9.17, 15) is 5.26 Å². The van der Waals surface area contributed by atoms with Crippen LogP contribution in [0.3, 0.4) is 0 Å². The predicted octanol–water partition coefficient (Wildman–Crippen LogP) is 1.85. The molecular weight excluding hydrogens is 228 g/mol. The third-order valence-corrected chi connectivity index (χ3v) is 3.72. The van der Waals surface area contributed by atoms with Gasteiger partial charge in [-0.2, -0.15) is 5.26 Å². The maximum Gasteiger partial charge on any atom is 0.123 e. The van der Waals surface area contributed by atoms with Crippen LogP contribution >= 0.6 is 0 Å². The fourth-order valence-corrected chi connectivity index (χ4v) is 2.17. The summed E-state index contributed by atoms with van der Waals surface area (Å²) in [6.07, 6.45) is 0. The van der Waals surface area contributed by atoms with E-state index < -0.39 is 5.41 Å². The first-order valence-corrected chi connectivity index (χ1v) is 5.94. The number of benzene rings is 1. The van der Waals surface area contributed by atoms with Crippen LogP contribution in [0.4, 0.5) is 0 Å². The maximum absolute atomic E-state index is 9.30. The van der Waals surface area contributed by atoms with E-state index in [1.165, 1.54) is 0 Å². The van der Waals surface area contributed by atoms with Crippen molar-refractivity contribution in [3.05, 3.63) is 28.8 Å². The fourth-order valence-electron chi connectivity index (χ4n) is 2.17. The van der Waals surface area contributed by atoms with Crippen molar-refractivity contribution in [1.82, 2.24) is 0 Å². The van der Waals surface area contributed by atoms with Crippen LogP contribution in [0.25, 0.3) is 0 Å². The third-order valence-electron chi connectivity index (χ3n) is 3.72. The monoisotopic (exact) mass is 246 g/mol. The Morgan fingerprint density at radius 3 is 2.44 bits per heavy atom. The molecule has 0 saturated carbocycles. The lowest BCUT2D eigenvalue weighted by molar-refractivity contribution is -0.0913. The molecule has 2 N–H and O–H groups in total. The first kappa shape index (κ1) is 12.9. The SMILES string of the molecule is COc1cc(C)c(C)cc1C(N)C1(C#N)COC1. The lowest BCUT2D eigenvalue weighted by Gasteiger charge is -2.40. The Morgan fingerprint density at radius 1 is 1.39 bits per heavy atom. The van der Waals surface area contributed by atoms with Crippen molar-refractivity contribution >= 4 is 0 Å². The molecule has 1 aromatic carbocycles. The van der Waals surface area contributed by atoms with Crippen molar-refractivity contribution in [3.63, 3.8) is 0 Å². The second kappa shape index (κ2) is 4.60. The van der Waals surface area contributed by atoms with Gasteiger partial charge in [-0.1, -0.05) is 6.07 Å². The summed E-state index contributed by atoms with van der Waals surface area (Å²) in [5, 5.41) is 9.30. The van der Waals surface area contributed by atoms with E-state index in [-0.39, 0.29) is 6.04 Å². The Labute approximate surface area is 107 Å². The summed E-state index contributed by atoms with van der Waals surface area (Å²) in [6.45, 7) is 4.84. The number of nitrogens with two attached hydrogens (primary N) is 1. The quantitative estimate of drug-likeness (QED) is 0.883. The number of hydrogen-bond donors (Lipinski definition) is 1. The second-order valence-electron chi connectivity index (χ2n) is 4.92. The van der Waals surface area contributed by atoms with Crippen LogP contribution < -0.4 is 10.5 Å². The highest BCUT2D eigenvalue weighted by atomic mass is 16.5. The minimum atomic E-state index is -0.616. The van der Waals surface area contributed by atoms with Gasteiger partial charge in [-0.25, -0.2) is 0 Å². The molecule has 1 atom stereocenters. The normalized spacial score (nSPS) is 18.6. The number of ether oxygens (including phenoxy) is 2. The summed E-state index contributed by atoms with van der Waals surface area (Å²) in [7, 11) is 1.62. The molecule has 18 heavy (non-hydrogen) atoms. The van der Waals surface area contributed by atoms with Gasteiger partial charge in [-0.15, -0.1) is 0 Å². The standard InChI is InChI=1S/C14H18N2O2/c1-9-4-11(12(17-3)5-10(9)2)13(16)14(6-15)7-18-8-14/h4-5,13H,7-8,16H2,1-3H3. The molecule has 1 heterocycles. The summed E-state index contributed by atoms with van der Waals surface area (Å²) in [5.74, 6) is 0.743. The van der Waals surface area contributed by atoms with E-state index in [1.54, 1.807) is 7.11 Å². The highest BCUT2D eigenvalue weighted by Gasteiger charge is 2.46. The molecule has 0 aliphatic carbocycles. The molecule has 1 aliphatic rings. The molecule has 1 saturated heterocycles.